The monoisotopic (exact) mass is 293 g/mol. The fourth-order valence-electron chi connectivity index (χ4n) is 2.58. The van der Waals surface area contributed by atoms with E-state index in [1.807, 2.05) is 0 Å². The molecule has 1 N–H and O–H groups in total. The average Bonchev–Trinajstić information content (AvgIpc) is 2.87. The number of rotatable bonds is 4. The molecule has 8 heteroatoms. The summed E-state index contributed by atoms with van der Waals surface area (Å²) in [5.41, 5.74) is 0.422. The highest BCUT2D eigenvalue weighted by Crippen LogP contribution is 2.18. The molecule has 1 unspecified atom stereocenters. The number of aromatic amines is 1. The molecule has 0 aliphatic carbocycles. The van der Waals surface area contributed by atoms with Gasteiger partial charge in [-0.15, -0.1) is 0 Å². The molecule has 21 heavy (non-hydrogen) atoms. The van der Waals surface area contributed by atoms with E-state index in [1.54, 1.807) is 18.8 Å². The van der Waals surface area contributed by atoms with Crippen molar-refractivity contribution in [2.75, 3.05) is 38.4 Å². The summed E-state index contributed by atoms with van der Waals surface area (Å²) in [5.74, 6) is 0.570. The SMILES string of the molecule is COCCC1COCCN1c1nc2c(cnn2C)c(=O)[nH]1. The first-order valence-corrected chi connectivity index (χ1v) is 6.96. The number of morpholine rings is 1. The minimum atomic E-state index is -0.167. The van der Waals surface area contributed by atoms with Gasteiger partial charge in [-0.1, -0.05) is 0 Å². The molecule has 3 heterocycles. The first kappa shape index (κ1) is 14.0. The average molecular weight is 293 g/mol. The van der Waals surface area contributed by atoms with Gasteiger partial charge in [0.2, 0.25) is 5.95 Å². The zero-order valence-electron chi connectivity index (χ0n) is 12.2. The second-order valence-corrected chi connectivity index (χ2v) is 5.10. The Bertz CT molecular complexity index is 680. The number of hydrogen-bond donors (Lipinski definition) is 1. The maximum Gasteiger partial charge on any atom is 0.263 e. The molecule has 2 aromatic rings. The smallest absolute Gasteiger partial charge is 0.263 e. The van der Waals surface area contributed by atoms with Crippen molar-refractivity contribution in [3.8, 4) is 0 Å². The van der Waals surface area contributed by atoms with E-state index in [0.29, 0.717) is 43.3 Å². The van der Waals surface area contributed by atoms with Crippen LogP contribution in [0.4, 0.5) is 5.95 Å². The molecule has 1 saturated heterocycles. The second kappa shape index (κ2) is 5.82. The van der Waals surface area contributed by atoms with E-state index in [0.717, 1.165) is 6.42 Å². The highest BCUT2D eigenvalue weighted by Gasteiger charge is 2.25. The molecule has 0 bridgehead atoms. The number of nitrogens with zero attached hydrogens (tertiary/aromatic N) is 4. The molecular formula is C13H19N5O3. The Morgan fingerprint density at radius 1 is 1.57 bits per heavy atom. The van der Waals surface area contributed by atoms with E-state index in [2.05, 4.69) is 20.0 Å². The Hall–Kier alpha value is -1.93. The van der Waals surface area contributed by atoms with Gasteiger partial charge in [0.15, 0.2) is 5.65 Å². The lowest BCUT2D eigenvalue weighted by molar-refractivity contribution is 0.0790. The zero-order chi connectivity index (χ0) is 14.8. The topological polar surface area (TPSA) is 85.3 Å². The van der Waals surface area contributed by atoms with Gasteiger partial charge in [0.25, 0.3) is 5.56 Å². The second-order valence-electron chi connectivity index (χ2n) is 5.10. The summed E-state index contributed by atoms with van der Waals surface area (Å²) in [6.07, 6.45) is 2.36. The van der Waals surface area contributed by atoms with Crippen LogP contribution in [-0.4, -0.2) is 59.3 Å². The van der Waals surface area contributed by atoms with E-state index in [4.69, 9.17) is 9.47 Å². The van der Waals surface area contributed by atoms with E-state index in [9.17, 15) is 4.79 Å². The summed E-state index contributed by atoms with van der Waals surface area (Å²) >= 11 is 0. The number of ether oxygens (including phenoxy) is 2. The van der Waals surface area contributed by atoms with Crippen molar-refractivity contribution in [2.24, 2.45) is 7.05 Å². The number of H-pyrrole nitrogens is 1. The van der Waals surface area contributed by atoms with Gasteiger partial charge < -0.3 is 14.4 Å². The third-order valence-electron chi connectivity index (χ3n) is 3.74. The Morgan fingerprint density at radius 2 is 2.43 bits per heavy atom. The van der Waals surface area contributed by atoms with Crippen molar-refractivity contribution in [2.45, 2.75) is 12.5 Å². The Morgan fingerprint density at radius 3 is 3.24 bits per heavy atom. The van der Waals surface area contributed by atoms with E-state index >= 15 is 0 Å². The fraction of sp³-hybridized carbons (Fsp3) is 0.615. The van der Waals surface area contributed by atoms with Gasteiger partial charge in [-0.3, -0.25) is 14.5 Å². The van der Waals surface area contributed by atoms with Crippen LogP contribution in [0.3, 0.4) is 0 Å². The largest absolute Gasteiger partial charge is 0.385 e. The molecule has 8 nitrogen and oxygen atoms in total. The van der Waals surface area contributed by atoms with Crippen LogP contribution < -0.4 is 10.5 Å². The van der Waals surface area contributed by atoms with Crippen LogP contribution in [0.5, 0.6) is 0 Å². The Kier molecular flexibility index (Phi) is 3.89. The van der Waals surface area contributed by atoms with Gasteiger partial charge in [0.05, 0.1) is 25.5 Å². The predicted molar refractivity (Wildman–Crippen MR) is 77.6 cm³/mol. The lowest BCUT2D eigenvalue weighted by Crippen LogP contribution is -2.47. The van der Waals surface area contributed by atoms with Crippen molar-refractivity contribution >= 4 is 17.0 Å². The molecule has 1 aliphatic heterocycles. The molecule has 114 valence electrons. The van der Waals surface area contributed by atoms with Crippen molar-refractivity contribution < 1.29 is 9.47 Å². The Labute approximate surface area is 121 Å². The zero-order valence-corrected chi connectivity index (χ0v) is 12.2. The van der Waals surface area contributed by atoms with Crippen LogP contribution in [0.25, 0.3) is 11.0 Å². The van der Waals surface area contributed by atoms with Crippen LogP contribution in [0.1, 0.15) is 6.42 Å². The number of methoxy groups -OCH3 is 1. The summed E-state index contributed by atoms with van der Waals surface area (Å²) in [6, 6.07) is 0.146. The summed E-state index contributed by atoms with van der Waals surface area (Å²) in [4.78, 5) is 21.6. The van der Waals surface area contributed by atoms with E-state index < -0.39 is 0 Å². The molecule has 1 atom stereocenters. The molecule has 0 aromatic carbocycles. The predicted octanol–water partition coefficient (Wildman–Crippen LogP) is -0.102. The number of hydrogen-bond acceptors (Lipinski definition) is 6. The lowest BCUT2D eigenvalue weighted by Gasteiger charge is -2.35. The van der Waals surface area contributed by atoms with Crippen LogP contribution >= 0.6 is 0 Å². The molecule has 0 radical (unpaired) electrons. The molecule has 1 fully saturated rings. The summed E-state index contributed by atoms with van der Waals surface area (Å²) < 4.78 is 12.3. The molecule has 3 rings (SSSR count). The number of nitrogens with one attached hydrogen (secondary N) is 1. The maximum absolute atomic E-state index is 12.1. The normalized spacial score (nSPS) is 19.3. The van der Waals surface area contributed by atoms with Gasteiger partial charge in [-0.25, -0.2) is 0 Å². The third-order valence-corrected chi connectivity index (χ3v) is 3.74. The van der Waals surface area contributed by atoms with Crippen LogP contribution in [0.15, 0.2) is 11.0 Å². The van der Waals surface area contributed by atoms with E-state index in [1.165, 1.54) is 6.20 Å². The third kappa shape index (κ3) is 2.64. The quantitative estimate of drug-likeness (QED) is 0.847. The summed E-state index contributed by atoms with van der Waals surface area (Å²) in [6.45, 7) is 2.57. The summed E-state index contributed by atoms with van der Waals surface area (Å²) in [5, 5.41) is 4.59. The van der Waals surface area contributed by atoms with Crippen LogP contribution in [0.2, 0.25) is 0 Å². The van der Waals surface area contributed by atoms with Crippen LogP contribution in [-0.2, 0) is 16.5 Å². The number of aromatic nitrogens is 4. The van der Waals surface area contributed by atoms with Gasteiger partial charge in [-0.05, 0) is 6.42 Å². The van der Waals surface area contributed by atoms with Gasteiger partial charge in [-0.2, -0.15) is 10.1 Å². The first-order valence-electron chi connectivity index (χ1n) is 6.96. The number of fused-ring (bicyclic) bond motifs is 1. The highest BCUT2D eigenvalue weighted by atomic mass is 16.5. The van der Waals surface area contributed by atoms with Crippen LogP contribution in [0, 0.1) is 0 Å². The summed E-state index contributed by atoms with van der Waals surface area (Å²) in [7, 11) is 3.45. The molecule has 0 spiro atoms. The standard InChI is InChI=1S/C13H19N5O3/c1-17-11-10(7-14-17)12(19)16-13(15-11)18-4-6-21-8-9(18)3-5-20-2/h7,9H,3-6,8H2,1-2H3,(H,15,16,19). The van der Waals surface area contributed by atoms with Crippen molar-refractivity contribution in [1.29, 1.82) is 0 Å². The molecule has 0 saturated carbocycles. The Balaban J connectivity index is 1.97. The highest BCUT2D eigenvalue weighted by molar-refractivity contribution is 5.74. The van der Waals surface area contributed by atoms with Crippen molar-refractivity contribution in [1.82, 2.24) is 19.7 Å². The fourth-order valence-corrected chi connectivity index (χ4v) is 2.58. The number of anilines is 1. The minimum absolute atomic E-state index is 0.146. The van der Waals surface area contributed by atoms with Crippen molar-refractivity contribution in [3.05, 3.63) is 16.6 Å². The molecule has 1 aliphatic rings. The molecule has 0 amide bonds. The molecule has 2 aromatic heterocycles. The first-order chi connectivity index (χ1) is 10.2. The van der Waals surface area contributed by atoms with Gasteiger partial charge in [0, 0.05) is 27.3 Å². The van der Waals surface area contributed by atoms with Gasteiger partial charge >= 0.3 is 0 Å². The van der Waals surface area contributed by atoms with E-state index in [-0.39, 0.29) is 11.6 Å². The maximum atomic E-state index is 12.1. The lowest BCUT2D eigenvalue weighted by atomic mass is 10.2. The number of aryl methyl sites for hydroxylation is 1. The van der Waals surface area contributed by atoms with Crippen molar-refractivity contribution in [3.63, 3.8) is 0 Å². The van der Waals surface area contributed by atoms with Gasteiger partial charge in [0.1, 0.15) is 5.39 Å². The minimum Gasteiger partial charge on any atom is -0.385 e. The molecular weight excluding hydrogens is 274 g/mol.